The standard InChI is InChI=1S/C15H15F2N3O/c16-11-2-1-9(7-12(11)17)13-19-14(21-20-13)10-8-15(10)3-5-18-6-4-15/h1-2,7,10,18H,3-6,8H2. The van der Waals surface area contributed by atoms with Gasteiger partial charge in [0.15, 0.2) is 11.6 Å². The van der Waals surface area contributed by atoms with E-state index >= 15 is 0 Å². The molecule has 1 saturated heterocycles. The van der Waals surface area contributed by atoms with E-state index in [1.54, 1.807) is 0 Å². The van der Waals surface area contributed by atoms with Crippen molar-refractivity contribution in [2.45, 2.75) is 25.2 Å². The minimum atomic E-state index is -0.903. The molecule has 110 valence electrons. The third-order valence-corrected chi connectivity index (χ3v) is 4.71. The van der Waals surface area contributed by atoms with Crippen LogP contribution in [0.2, 0.25) is 0 Å². The number of nitrogens with zero attached hydrogens (tertiary/aromatic N) is 2. The van der Waals surface area contributed by atoms with Gasteiger partial charge in [0.25, 0.3) is 0 Å². The second kappa shape index (κ2) is 4.59. The Morgan fingerprint density at radius 2 is 2.00 bits per heavy atom. The zero-order chi connectivity index (χ0) is 14.4. The first-order chi connectivity index (χ1) is 10.2. The van der Waals surface area contributed by atoms with E-state index in [-0.39, 0.29) is 0 Å². The zero-order valence-corrected chi connectivity index (χ0v) is 11.4. The first-order valence-electron chi connectivity index (χ1n) is 7.18. The van der Waals surface area contributed by atoms with Gasteiger partial charge in [-0.3, -0.25) is 0 Å². The lowest BCUT2D eigenvalue weighted by molar-refractivity contribution is 0.311. The second-order valence-corrected chi connectivity index (χ2v) is 5.95. The summed E-state index contributed by atoms with van der Waals surface area (Å²) in [5, 5.41) is 7.26. The third-order valence-electron chi connectivity index (χ3n) is 4.71. The highest BCUT2D eigenvalue weighted by atomic mass is 19.2. The summed E-state index contributed by atoms with van der Waals surface area (Å²) in [5.74, 6) is -0.527. The fourth-order valence-electron chi connectivity index (χ4n) is 3.30. The van der Waals surface area contributed by atoms with Gasteiger partial charge in [-0.1, -0.05) is 5.16 Å². The summed E-state index contributed by atoms with van der Waals surface area (Å²) in [6.07, 6.45) is 3.33. The van der Waals surface area contributed by atoms with Crippen molar-refractivity contribution in [3.63, 3.8) is 0 Å². The van der Waals surface area contributed by atoms with Gasteiger partial charge in [0.2, 0.25) is 11.7 Å². The molecule has 0 amide bonds. The van der Waals surface area contributed by atoms with E-state index in [1.165, 1.54) is 6.07 Å². The summed E-state index contributed by atoms with van der Waals surface area (Å²) in [5.41, 5.74) is 0.743. The van der Waals surface area contributed by atoms with Crippen molar-refractivity contribution in [3.8, 4) is 11.4 Å². The summed E-state index contributed by atoms with van der Waals surface area (Å²) >= 11 is 0. The average molecular weight is 291 g/mol. The Morgan fingerprint density at radius 3 is 2.76 bits per heavy atom. The molecule has 4 nitrogen and oxygen atoms in total. The van der Waals surface area contributed by atoms with Gasteiger partial charge in [-0.15, -0.1) is 0 Å². The van der Waals surface area contributed by atoms with E-state index in [0.29, 0.717) is 28.6 Å². The minimum Gasteiger partial charge on any atom is -0.339 e. The SMILES string of the molecule is Fc1ccc(-c2noc(C3CC34CCNCC4)n2)cc1F. The molecule has 1 N–H and O–H groups in total. The fourth-order valence-corrected chi connectivity index (χ4v) is 3.30. The number of piperidine rings is 1. The van der Waals surface area contributed by atoms with E-state index in [0.717, 1.165) is 44.5 Å². The summed E-state index contributed by atoms with van der Waals surface area (Å²) in [4.78, 5) is 4.38. The maximum Gasteiger partial charge on any atom is 0.230 e. The maximum atomic E-state index is 13.3. The lowest BCUT2D eigenvalue weighted by Gasteiger charge is -2.22. The fraction of sp³-hybridized carbons (Fsp3) is 0.467. The molecule has 1 saturated carbocycles. The van der Waals surface area contributed by atoms with Crippen LogP contribution in [-0.4, -0.2) is 23.2 Å². The smallest absolute Gasteiger partial charge is 0.230 e. The number of benzene rings is 1. The molecule has 0 bridgehead atoms. The summed E-state index contributed by atoms with van der Waals surface area (Å²) in [7, 11) is 0. The van der Waals surface area contributed by atoms with Crippen molar-refractivity contribution in [2.24, 2.45) is 5.41 Å². The van der Waals surface area contributed by atoms with Crippen LogP contribution in [0.3, 0.4) is 0 Å². The van der Waals surface area contributed by atoms with Crippen LogP contribution >= 0.6 is 0 Å². The molecule has 1 aromatic carbocycles. The highest BCUT2D eigenvalue weighted by Gasteiger charge is 2.57. The van der Waals surface area contributed by atoms with Crippen LogP contribution in [-0.2, 0) is 0 Å². The van der Waals surface area contributed by atoms with E-state index in [1.807, 2.05) is 0 Å². The van der Waals surface area contributed by atoms with Crippen LogP contribution in [0, 0.1) is 17.0 Å². The maximum absolute atomic E-state index is 13.3. The van der Waals surface area contributed by atoms with Crippen molar-refractivity contribution >= 4 is 0 Å². The third kappa shape index (κ3) is 2.14. The zero-order valence-electron chi connectivity index (χ0n) is 11.4. The monoisotopic (exact) mass is 291 g/mol. The van der Waals surface area contributed by atoms with Gasteiger partial charge in [-0.2, -0.15) is 4.98 Å². The Morgan fingerprint density at radius 1 is 1.19 bits per heavy atom. The number of hydrogen-bond acceptors (Lipinski definition) is 4. The van der Waals surface area contributed by atoms with Gasteiger partial charge in [-0.05, 0) is 56.0 Å². The largest absolute Gasteiger partial charge is 0.339 e. The Bertz CT molecular complexity index is 679. The van der Waals surface area contributed by atoms with Crippen molar-refractivity contribution in [1.29, 1.82) is 0 Å². The molecule has 2 aromatic rings. The highest BCUT2D eigenvalue weighted by molar-refractivity contribution is 5.54. The molecular weight excluding hydrogens is 276 g/mol. The average Bonchev–Trinajstić information content (AvgIpc) is 2.98. The molecule has 6 heteroatoms. The Balaban J connectivity index is 1.57. The molecule has 1 spiro atoms. The lowest BCUT2D eigenvalue weighted by Crippen LogP contribution is -2.29. The van der Waals surface area contributed by atoms with Crippen LogP contribution in [0.15, 0.2) is 22.7 Å². The predicted octanol–water partition coefficient (Wildman–Crippen LogP) is 2.87. The quantitative estimate of drug-likeness (QED) is 0.924. The first kappa shape index (κ1) is 12.9. The Labute approximate surface area is 120 Å². The van der Waals surface area contributed by atoms with Crippen molar-refractivity contribution in [3.05, 3.63) is 35.7 Å². The number of nitrogens with one attached hydrogen (secondary N) is 1. The molecule has 21 heavy (non-hydrogen) atoms. The van der Waals surface area contributed by atoms with Crippen molar-refractivity contribution in [1.82, 2.24) is 15.5 Å². The van der Waals surface area contributed by atoms with E-state index < -0.39 is 11.6 Å². The topological polar surface area (TPSA) is 51.0 Å². The van der Waals surface area contributed by atoms with Crippen LogP contribution < -0.4 is 5.32 Å². The number of rotatable bonds is 2. The molecule has 1 atom stereocenters. The van der Waals surface area contributed by atoms with Gasteiger partial charge in [-0.25, -0.2) is 8.78 Å². The summed E-state index contributed by atoms with van der Waals surface area (Å²) < 4.78 is 31.6. The van der Waals surface area contributed by atoms with Crippen LogP contribution in [0.5, 0.6) is 0 Å². The van der Waals surface area contributed by atoms with Crippen LogP contribution in [0.1, 0.15) is 31.1 Å². The first-order valence-corrected chi connectivity index (χ1v) is 7.18. The number of hydrogen-bond donors (Lipinski definition) is 1. The number of halogens is 2. The lowest BCUT2D eigenvalue weighted by atomic mass is 9.92. The molecule has 2 heterocycles. The molecule has 1 unspecified atom stereocenters. The van der Waals surface area contributed by atoms with Gasteiger partial charge in [0.1, 0.15) is 0 Å². The second-order valence-electron chi connectivity index (χ2n) is 5.95. The molecule has 4 rings (SSSR count). The van der Waals surface area contributed by atoms with Crippen molar-refractivity contribution < 1.29 is 13.3 Å². The van der Waals surface area contributed by atoms with Gasteiger partial charge >= 0.3 is 0 Å². The molecule has 0 radical (unpaired) electrons. The van der Waals surface area contributed by atoms with Crippen molar-refractivity contribution in [2.75, 3.05) is 13.1 Å². The summed E-state index contributed by atoms with van der Waals surface area (Å²) in [6.45, 7) is 2.06. The predicted molar refractivity (Wildman–Crippen MR) is 71.5 cm³/mol. The Kier molecular flexibility index (Phi) is 2.82. The molecular formula is C15H15F2N3O. The van der Waals surface area contributed by atoms with Crippen LogP contribution in [0.25, 0.3) is 11.4 Å². The molecule has 2 fully saturated rings. The van der Waals surface area contributed by atoms with Gasteiger partial charge < -0.3 is 9.84 Å². The molecule has 2 aliphatic rings. The molecule has 1 aliphatic heterocycles. The Hall–Kier alpha value is -1.82. The number of aromatic nitrogens is 2. The summed E-state index contributed by atoms with van der Waals surface area (Å²) in [6, 6.07) is 3.63. The minimum absolute atomic E-state index is 0.309. The van der Waals surface area contributed by atoms with E-state index in [2.05, 4.69) is 15.5 Å². The molecule has 1 aromatic heterocycles. The van der Waals surface area contributed by atoms with E-state index in [4.69, 9.17) is 4.52 Å². The van der Waals surface area contributed by atoms with Crippen LogP contribution in [0.4, 0.5) is 8.78 Å². The van der Waals surface area contributed by atoms with Gasteiger partial charge in [0, 0.05) is 11.5 Å². The highest BCUT2D eigenvalue weighted by Crippen LogP contribution is 2.63. The van der Waals surface area contributed by atoms with E-state index in [9.17, 15) is 8.78 Å². The normalized spacial score (nSPS) is 23.4. The molecule has 1 aliphatic carbocycles. The van der Waals surface area contributed by atoms with Gasteiger partial charge in [0.05, 0.1) is 0 Å².